The van der Waals surface area contributed by atoms with Gasteiger partial charge >= 0.3 is 12.1 Å². The van der Waals surface area contributed by atoms with Crippen LogP contribution in [0.5, 0.6) is 0 Å². The van der Waals surface area contributed by atoms with Crippen molar-refractivity contribution in [2.45, 2.75) is 12.7 Å². The highest BCUT2D eigenvalue weighted by molar-refractivity contribution is 5.94. The molecule has 0 fully saturated rings. The maximum Gasteiger partial charge on any atom is 0.471 e. The van der Waals surface area contributed by atoms with E-state index in [1.165, 1.54) is 24.3 Å². The van der Waals surface area contributed by atoms with Crippen molar-refractivity contribution < 1.29 is 31.3 Å². The second-order valence-electron chi connectivity index (χ2n) is 5.39. The van der Waals surface area contributed by atoms with Crippen molar-refractivity contribution in [3.8, 4) is 11.4 Å². The van der Waals surface area contributed by atoms with E-state index in [0.29, 0.717) is 0 Å². The Morgan fingerprint density at radius 2 is 1.81 bits per heavy atom. The van der Waals surface area contributed by atoms with E-state index >= 15 is 0 Å². The summed E-state index contributed by atoms with van der Waals surface area (Å²) in [6, 6.07) is 8.79. The number of carbonyl (C=O) groups is 1. The number of hydrogen-bond donors (Lipinski definition) is 1. The van der Waals surface area contributed by atoms with Crippen LogP contribution in [0.1, 0.15) is 21.8 Å². The molecule has 1 heterocycles. The first-order valence-corrected chi connectivity index (χ1v) is 7.48. The SMILES string of the molecule is O=C(NCc1ccccc1F)c1ccc(-c2noc(C(F)(F)F)n2)cc1F. The molecule has 3 aromatic rings. The van der Waals surface area contributed by atoms with Crippen molar-refractivity contribution in [1.29, 1.82) is 0 Å². The normalized spacial score (nSPS) is 11.4. The summed E-state index contributed by atoms with van der Waals surface area (Å²) in [5, 5.41) is 5.50. The Morgan fingerprint density at radius 1 is 1.07 bits per heavy atom. The van der Waals surface area contributed by atoms with Crippen molar-refractivity contribution in [2.24, 2.45) is 0 Å². The Morgan fingerprint density at radius 3 is 2.44 bits per heavy atom. The first kappa shape index (κ1) is 18.5. The van der Waals surface area contributed by atoms with Crippen LogP contribution in [-0.2, 0) is 12.7 Å². The topological polar surface area (TPSA) is 68.0 Å². The van der Waals surface area contributed by atoms with Crippen molar-refractivity contribution >= 4 is 5.91 Å². The lowest BCUT2D eigenvalue weighted by atomic mass is 10.1. The van der Waals surface area contributed by atoms with E-state index in [0.717, 1.165) is 12.1 Å². The highest BCUT2D eigenvalue weighted by atomic mass is 19.4. The van der Waals surface area contributed by atoms with E-state index in [1.54, 1.807) is 6.07 Å². The van der Waals surface area contributed by atoms with Crippen molar-refractivity contribution in [3.05, 3.63) is 71.1 Å². The summed E-state index contributed by atoms with van der Waals surface area (Å²) in [6.07, 6.45) is -4.82. The van der Waals surface area contributed by atoms with Crippen LogP contribution in [0.3, 0.4) is 0 Å². The molecule has 0 aliphatic carbocycles. The number of hydrogen-bond acceptors (Lipinski definition) is 4. The van der Waals surface area contributed by atoms with Gasteiger partial charge in [-0.15, -0.1) is 0 Å². The monoisotopic (exact) mass is 383 g/mol. The van der Waals surface area contributed by atoms with Crippen molar-refractivity contribution in [2.75, 3.05) is 0 Å². The molecule has 1 N–H and O–H groups in total. The van der Waals surface area contributed by atoms with Crippen LogP contribution in [0.25, 0.3) is 11.4 Å². The molecule has 5 nitrogen and oxygen atoms in total. The minimum absolute atomic E-state index is 0.0996. The van der Waals surface area contributed by atoms with Gasteiger partial charge in [-0.25, -0.2) is 8.78 Å². The van der Waals surface area contributed by atoms with Gasteiger partial charge in [-0.05, 0) is 18.2 Å². The summed E-state index contributed by atoms with van der Waals surface area (Å²) in [5.74, 6) is -4.38. The van der Waals surface area contributed by atoms with Gasteiger partial charge < -0.3 is 9.84 Å². The number of carbonyl (C=O) groups excluding carboxylic acids is 1. The number of alkyl halides is 3. The number of rotatable bonds is 4. The van der Waals surface area contributed by atoms with Gasteiger partial charge in [0.15, 0.2) is 0 Å². The Labute approximate surface area is 148 Å². The van der Waals surface area contributed by atoms with E-state index in [9.17, 15) is 26.7 Å². The van der Waals surface area contributed by atoms with Gasteiger partial charge in [-0.1, -0.05) is 29.4 Å². The van der Waals surface area contributed by atoms with Gasteiger partial charge in [-0.2, -0.15) is 18.2 Å². The lowest BCUT2D eigenvalue weighted by Gasteiger charge is -2.07. The van der Waals surface area contributed by atoms with Crippen LogP contribution >= 0.6 is 0 Å². The Balaban J connectivity index is 1.75. The highest BCUT2D eigenvalue weighted by Crippen LogP contribution is 2.29. The average Bonchev–Trinajstić information content (AvgIpc) is 3.11. The van der Waals surface area contributed by atoms with E-state index in [1.807, 2.05) is 0 Å². The van der Waals surface area contributed by atoms with Crippen LogP contribution in [-0.4, -0.2) is 16.0 Å². The second-order valence-corrected chi connectivity index (χ2v) is 5.39. The molecular weight excluding hydrogens is 373 g/mol. The molecule has 0 atom stereocenters. The third-order valence-corrected chi connectivity index (χ3v) is 3.54. The maximum absolute atomic E-state index is 14.2. The molecule has 0 aliphatic rings. The fourth-order valence-electron chi connectivity index (χ4n) is 2.21. The Hall–Kier alpha value is -3.30. The summed E-state index contributed by atoms with van der Waals surface area (Å²) in [4.78, 5) is 15.2. The number of halogens is 5. The molecule has 27 heavy (non-hydrogen) atoms. The quantitative estimate of drug-likeness (QED) is 0.693. The van der Waals surface area contributed by atoms with E-state index in [2.05, 4.69) is 20.0 Å². The van der Waals surface area contributed by atoms with Gasteiger partial charge in [0.1, 0.15) is 11.6 Å². The molecule has 0 radical (unpaired) electrons. The number of nitrogens with one attached hydrogen (secondary N) is 1. The number of benzene rings is 2. The van der Waals surface area contributed by atoms with E-state index in [4.69, 9.17) is 0 Å². The summed E-state index contributed by atoms with van der Waals surface area (Å²) in [6.45, 7) is -0.160. The minimum atomic E-state index is -4.82. The van der Waals surface area contributed by atoms with Crippen molar-refractivity contribution in [3.63, 3.8) is 0 Å². The summed E-state index contributed by atoms with van der Waals surface area (Å²) >= 11 is 0. The van der Waals surface area contributed by atoms with E-state index < -0.39 is 35.4 Å². The molecular formula is C17H10F5N3O2. The molecule has 10 heteroatoms. The Kier molecular flexibility index (Phi) is 4.89. The zero-order chi connectivity index (χ0) is 19.6. The van der Waals surface area contributed by atoms with E-state index in [-0.39, 0.29) is 23.2 Å². The Bertz CT molecular complexity index is 985. The third kappa shape index (κ3) is 4.10. The fraction of sp³-hybridized carbons (Fsp3) is 0.118. The molecule has 1 aromatic heterocycles. The van der Waals surface area contributed by atoms with Gasteiger partial charge in [0.05, 0.1) is 5.56 Å². The summed E-state index contributed by atoms with van der Waals surface area (Å²) < 4.78 is 69.2. The lowest BCUT2D eigenvalue weighted by Crippen LogP contribution is -2.24. The molecule has 0 saturated heterocycles. The fourth-order valence-corrected chi connectivity index (χ4v) is 2.21. The van der Waals surface area contributed by atoms with Crippen LogP contribution < -0.4 is 5.32 Å². The number of nitrogens with zero attached hydrogens (tertiary/aromatic N) is 2. The summed E-state index contributed by atoms with van der Waals surface area (Å²) in [7, 11) is 0. The van der Waals surface area contributed by atoms with Gasteiger partial charge in [-0.3, -0.25) is 4.79 Å². The molecule has 0 saturated carbocycles. The number of amides is 1. The van der Waals surface area contributed by atoms with Crippen molar-refractivity contribution in [1.82, 2.24) is 15.5 Å². The molecule has 0 unspecified atom stereocenters. The van der Waals surface area contributed by atoms with Gasteiger partial charge in [0.25, 0.3) is 5.91 Å². The molecule has 2 aromatic carbocycles. The predicted molar refractivity (Wildman–Crippen MR) is 82.3 cm³/mol. The van der Waals surface area contributed by atoms with Crippen LogP contribution in [0.4, 0.5) is 22.0 Å². The lowest BCUT2D eigenvalue weighted by molar-refractivity contribution is -0.159. The standard InChI is InChI=1S/C17H10F5N3O2/c18-12-4-2-1-3-10(12)8-23-15(26)11-6-5-9(7-13(11)19)14-24-16(27-25-14)17(20,21)22/h1-7H,8H2,(H,23,26). The van der Waals surface area contributed by atoms with Crippen LogP contribution in [0.2, 0.25) is 0 Å². The van der Waals surface area contributed by atoms with Gasteiger partial charge in [0, 0.05) is 17.7 Å². The highest BCUT2D eigenvalue weighted by Gasteiger charge is 2.38. The minimum Gasteiger partial charge on any atom is -0.348 e. The predicted octanol–water partition coefficient (Wildman–Crippen LogP) is 3.96. The molecule has 3 rings (SSSR count). The smallest absolute Gasteiger partial charge is 0.348 e. The molecule has 0 bridgehead atoms. The first-order chi connectivity index (χ1) is 12.8. The van der Waals surface area contributed by atoms with Gasteiger partial charge in [0.2, 0.25) is 5.82 Å². The molecule has 1 amide bonds. The number of aromatic nitrogens is 2. The molecule has 140 valence electrons. The summed E-state index contributed by atoms with van der Waals surface area (Å²) in [5.41, 5.74) is -0.249. The first-order valence-electron chi connectivity index (χ1n) is 7.48. The largest absolute Gasteiger partial charge is 0.471 e. The molecule has 0 spiro atoms. The average molecular weight is 383 g/mol. The van der Waals surface area contributed by atoms with Crippen LogP contribution in [0, 0.1) is 11.6 Å². The third-order valence-electron chi connectivity index (χ3n) is 3.54. The zero-order valence-electron chi connectivity index (χ0n) is 13.3. The zero-order valence-corrected chi connectivity index (χ0v) is 13.3. The molecule has 0 aliphatic heterocycles. The second kappa shape index (κ2) is 7.14. The maximum atomic E-state index is 14.2. The van der Waals surface area contributed by atoms with Crippen LogP contribution in [0.15, 0.2) is 47.0 Å².